The number of benzene rings is 3. The monoisotopic (exact) mass is 808 g/mol. The molecule has 9 nitrogen and oxygen atoms in total. The number of likely N-dealkylation sites (tertiary alicyclic amines) is 1. The fraction of sp³-hybridized carbons (Fsp3) is 0.442. The molecule has 282 valence electrons. The van der Waals surface area contributed by atoms with Crippen LogP contribution in [0.4, 0.5) is 4.79 Å². The van der Waals surface area contributed by atoms with Crippen molar-refractivity contribution in [2.45, 2.75) is 103 Å². The molecule has 1 saturated carbocycles. The van der Waals surface area contributed by atoms with E-state index in [4.69, 9.17) is 9.72 Å². The molecule has 8 rings (SSSR count). The normalized spacial score (nSPS) is 16.8. The number of nitrogens with zero attached hydrogens (tertiary/aromatic N) is 5. The molecule has 2 aliphatic rings. The van der Waals surface area contributed by atoms with E-state index >= 15 is 0 Å². The molecule has 0 bridgehead atoms. The third-order valence-corrected chi connectivity index (χ3v) is 12.9. The van der Waals surface area contributed by atoms with E-state index in [1.54, 1.807) is 11.3 Å². The number of ether oxygens (including phenoxy) is 1. The Bertz CT molecular complexity index is 2360. The lowest BCUT2D eigenvalue weighted by Crippen LogP contribution is -2.36. The third-order valence-electron chi connectivity index (χ3n) is 11.3. The number of rotatable bonds is 9. The molecule has 6 aromatic rings. The Hall–Kier alpha value is -4.06. The van der Waals surface area contributed by atoms with Crippen molar-refractivity contribution < 1.29 is 9.53 Å². The Morgan fingerprint density at radius 3 is 2.46 bits per heavy atom. The first-order valence-corrected chi connectivity index (χ1v) is 21.1. The molecule has 3 aromatic carbocycles. The standard InChI is InChI=1S/C43H49BrN6O3S/c1-27-39(54-26-45-27)30-16-14-29(15-17-30)34(46-42(52)53-43(2,3)4)12-8-22-48-23-20-28(21-24-48)31-18-19-35-37(25-31)49(32-9-5-6-10-32)41-47-40(51)38-33(44)11-7-13-36(38)50(35)41/h7,11,13-19,25-26,28,32,34H,5-6,8-10,12,20-24H2,1-4H3,(H,46,52)/t34-/m0/s1. The van der Waals surface area contributed by atoms with Crippen LogP contribution in [0.2, 0.25) is 0 Å². The highest BCUT2D eigenvalue weighted by Crippen LogP contribution is 2.38. The van der Waals surface area contributed by atoms with Crippen molar-refractivity contribution >= 4 is 61.1 Å². The maximum absolute atomic E-state index is 13.3. The molecule has 11 heteroatoms. The largest absolute Gasteiger partial charge is 0.444 e. The van der Waals surface area contributed by atoms with Crippen molar-refractivity contribution in [1.82, 2.24) is 29.2 Å². The van der Waals surface area contributed by atoms with E-state index in [9.17, 15) is 9.59 Å². The zero-order valence-corrected chi connectivity index (χ0v) is 34.0. The summed E-state index contributed by atoms with van der Waals surface area (Å²) in [7, 11) is 0. The third kappa shape index (κ3) is 7.47. The topological polar surface area (TPSA) is 93.8 Å². The number of halogens is 1. The number of carbonyl (C=O) groups is 1. The van der Waals surface area contributed by atoms with Crippen molar-refractivity contribution in [3.8, 4) is 10.4 Å². The molecule has 1 aliphatic carbocycles. The van der Waals surface area contributed by atoms with Crippen LogP contribution in [-0.4, -0.2) is 55.2 Å². The van der Waals surface area contributed by atoms with Gasteiger partial charge in [-0.3, -0.25) is 9.20 Å². The summed E-state index contributed by atoms with van der Waals surface area (Å²) in [5, 5.41) is 3.80. The first kappa shape index (κ1) is 36.9. The van der Waals surface area contributed by atoms with Crippen LogP contribution in [0.1, 0.15) is 107 Å². The number of fused-ring (bicyclic) bond motifs is 5. The zero-order chi connectivity index (χ0) is 37.6. The van der Waals surface area contributed by atoms with Gasteiger partial charge < -0.3 is 19.5 Å². The summed E-state index contributed by atoms with van der Waals surface area (Å²) in [4.78, 5) is 39.1. The van der Waals surface area contributed by atoms with E-state index in [-0.39, 0.29) is 17.7 Å². The number of amides is 1. The molecule has 2 fully saturated rings. The molecule has 0 unspecified atom stereocenters. The van der Waals surface area contributed by atoms with E-state index in [1.807, 2.05) is 51.4 Å². The second-order valence-electron chi connectivity index (χ2n) is 16.1. The molecule has 1 aliphatic heterocycles. The van der Waals surface area contributed by atoms with Gasteiger partial charge in [0.2, 0.25) is 5.78 Å². The van der Waals surface area contributed by atoms with Crippen molar-refractivity contribution in [3.63, 3.8) is 0 Å². The molecule has 1 saturated heterocycles. The molecule has 1 N–H and O–H groups in total. The van der Waals surface area contributed by atoms with Gasteiger partial charge in [-0.2, -0.15) is 4.98 Å². The Morgan fingerprint density at radius 2 is 1.76 bits per heavy atom. The molecule has 3 aromatic heterocycles. The van der Waals surface area contributed by atoms with Crippen LogP contribution in [0.5, 0.6) is 0 Å². The van der Waals surface area contributed by atoms with Gasteiger partial charge >= 0.3 is 6.09 Å². The van der Waals surface area contributed by atoms with Gasteiger partial charge in [-0.25, -0.2) is 9.78 Å². The van der Waals surface area contributed by atoms with Gasteiger partial charge in [-0.05, 0) is 149 Å². The summed E-state index contributed by atoms with van der Waals surface area (Å²) in [5.74, 6) is 1.23. The van der Waals surface area contributed by atoms with Crippen LogP contribution in [0.3, 0.4) is 0 Å². The number of aryl methyl sites for hydroxylation is 1. The first-order chi connectivity index (χ1) is 26.0. The highest BCUT2D eigenvalue weighted by molar-refractivity contribution is 9.10. The van der Waals surface area contributed by atoms with E-state index in [1.165, 1.54) is 28.8 Å². The van der Waals surface area contributed by atoms with Crippen LogP contribution in [0.15, 0.2) is 75.4 Å². The lowest BCUT2D eigenvalue weighted by atomic mass is 9.89. The Morgan fingerprint density at radius 1 is 1.00 bits per heavy atom. The summed E-state index contributed by atoms with van der Waals surface area (Å²) in [6.07, 6.45) is 8.22. The van der Waals surface area contributed by atoms with Gasteiger partial charge in [0.25, 0.3) is 5.56 Å². The predicted octanol–water partition coefficient (Wildman–Crippen LogP) is 10.3. The molecule has 54 heavy (non-hydrogen) atoms. The number of piperidine rings is 1. The Balaban J connectivity index is 0.967. The Labute approximate surface area is 328 Å². The lowest BCUT2D eigenvalue weighted by Gasteiger charge is -2.32. The highest BCUT2D eigenvalue weighted by atomic mass is 79.9. The number of thiazole rings is 1. The average Bonchev–Trinajstić information content (AvgIpc) is 3.90. The Kier molecular flexibility index (Phi) is 10.4. The van der Waals surface area contributed by atoms with Gasteiger partial charge in [0.15, 0.2) is 0 Å². The van der Waals surface area contributed by atoms with E-state index in [0.29, 0.717) is 17.3 Å². The molecule has 1 amide bonds. The fourth-order valence-electron chi connectivity index (χ4n) is 8.65. The van der Waals surface area contributed by atoms with Gasteiger partial charge in [0.1, 0.15) is 5.60 Å². The molecule has 0 spiro atoms. The highest BCUT2D eigenvalue weighted by Gasteiger charge is 2.27. The van der Waals surface area contributed by atoms with Crippen molar-refractivity contribution in [2.24, 2.45) is 0 Å². The van der Waals surface area contributed by atoms with Crippen molar-refractivity contribution in [2.75, 3.05) is 19.6 Å². The number of aromatic nitrogens is 4. The molecular formula is C43H49BrN6O3S. The van der Waals surface area contributed by atoms with Crippen LogP contribution < -0.4 is 10.9 Å². The van der Waals surface area contributed by atoms with Crippen LogP contribution in [0, 0.1) is 6.92 Å². The molecule has 4 heterocycles. The summed E-state index contributed by atoms with van der Waals surface area (Å²) >= 11 is 5.26. The minimum absolute atomic E-state index is 0.143. The maximum atomic E-state index is 13.3. The second kappa shape index (κ2) is 15.2. The average molecular weight is 810 g/mol. The summed E-state index contributed by atoms with van der Waals surface area (Å²) < 4.78 is 11.0. The van der Waals surface area contributed by atoms with Crippen molar-refractivity contribution in [3.05, 3.63) is 97.8 Å². The number of hydrogen-bond acceptors (Lipinski definition) is 7. The fourth-order valence-corrected chi connectivity index (χ4v) is 9.98. The summed E-state index contributed by atoms with van der Waals surface area (Å²) in [5.41, 5.74) is 8.95. The number of carbonyl (C=O) groups excluding carboxylic acids is 1. The van der Waals surface area contributed by atoms with Gasteiger partial charge in [-0.15, -0.1) is 11.3 Å². The van der Waals surface area contributed by atoms with Gasteiger partial charge in [0, 0.05) is 10.5 Å². The number of alkyl carbamates (subject to hydrolysis) is 1. The van der Waals surface area contributed by atoms with Gasteiger partial charge in [0.05, 0.1) is 44.1 Å². The van der Waals surface area contributed by atoms with Crippen LogP contribution in [0.25, 0.3) is 38.2 Å². The van der Waals surface area contributed by atoms with Gasteiger partial charge in [-0.1, -0.05) is 49.2 Å². The number of hydrogen-bond donors (Lipinski definition) is 1. The predicted molar refractivity (Wildman–Crippen MR) is 222 cm³/mol. The van der Waals surface area contributed by atoms with Crippen molar-refractivity contribution in [1.29, 1.82) is 0 Å². The number of nitrogens with one attached hydrogen (secondary N) is 1. The number of imidazole rings is 1. The smallest absolute Gasteiger partial charge is 0.408 e. The van der Waals surface area contributed by atoms with Crippen LogP contribution >= 0.6 is 27.3 Å². The summed E-state index contributed by atoms with van der Waals surface area (Å²) in [6.45, 7) is 10.8. The van der Waals surface area contributed by atoms with E-state index in [0.717, 1.165) is 96.3 Å². The minimum atomic E-state index is -0.563. The molecular weight excluding hydrogens is 760 g/mol. The minimum Gasteiger partial charge on any atom is -0.444 e. The SMILES string of the molecule is Cc1ncsc1-c1ccc([C@H](CCCN2CCC(c3ccc4c(c3)n(C3CCCC3)c3nc(=O)c5c(Br)cccc5n43)CC2)NC(=O)OC(C)(C)C)cc1. The lowest BCUT2D eigenvalue weighted by molar-refractivity contribution is 0.0499. The second-order valence-corrected chi connectivity index (χ2v) is 17.8. The maximum Gasteiger partial charge on any atom is 0.408 e. The first-order valence-electron chi connectivity index (χ1n) is 19.4. The van der Waals surface area contributed by atoms with E-state index < -0.39 is 5.60 Å². The zero-order valence-electron chi connectivity index (χ0n) is 31.6. The summed E-state index contributed by atoms with van der Waals surface area (Å²) in [6, 6.07) is 21.6. The van der Waals surface area contributed by atoms with Crippen LogP contribution in [-0.2, 0) is 4.74 Å². The van der Waals surface area contributed by atoms with E-state index in [2.05, 4.69) is 82.6 Å². The quantitative estimate of drug-likeness (QED) is 0.156. The molecule has 1 atom stereocenters. The molecule has 0 radical (unpaired) electrons.